The van der Waals surface area contributed by atoms with Crippen LogP contribution in [0.1, 0.15) is 31.7 Å². The molecule has 5 nitrogen and oxygen atoms in total. The maximum absolute atomic E-state index is 12.6. The van der Waals surface area contributed by atoms with Gasteiger partial charge in [-0.3, -0.25) is 19.3 Å². The number of hydrogen-bond donors (Lipinski definition) is 0. The Morgan fingerprint density at radius 1 is 1.23 bits per heavy atom. The van der Waals surface area contributed by atoms with Crippen molar-refractivity contribution in [2.24, 2.45) is 11.8 Å². The van der Waals surface area contributed by atoms with Gasteiger partial charge in [-0.05, 0) is 17.9 Å². The Morgan fingerprint density at radius 3 is 2.41 bits per heavy atom. The van der Waals surface area contributed by atoms with Crippen LogP contribution in [0.2, 0.25) is 0 Å². The van der Waals surface area contributed by atoms with E-state index in [1.54, 1.807) is 6.92 Å². The van der Waals surface area contributed by atoms with Gasteiger partial charge in [0.2, 0.25) is 11.8 Å². The second kappa shape index (κ2) is 6.73. The molecular formula is C17H21NO4. The van der Waals surface area contributed by atoms with Gasteiger partial charge in [0, 0.05) is 5.92 Å². The topological polar surface area (TPSA) is 63.7 Å². The van der Waals surface area contributed by atoms with Crippen molar-refractivity contribution in [1.82, 2.24) is 4.90 Å². The fraction of sp³-hybridized carbons (Fsp3) is 0.471. The molecule has 1 aliphatic rings. The first-order valence-electron chi connectivity index (χ1n) is 7.48. The molecule has 0 radical (unpaired) electrons. The molecule has 2 amide bonds. The Labute approximate surface area is 130 Å². The summed E-state index contributed by atoms with van der Waals surface area (Å²) in [4.78, 5) is 37.4. The van der Waals surface area contributed by atoms with Gasteiger partial charge in [0.25, 0.3) is 0 Å². The van der Waals surface area contributed by atoms with Crippen LogP contribution in [0.25, 0.3) is 0 Å². The number of hydrogen-bond acceptors (Lipinski definition) is 4. The fourth-order valence-corrected chi connectivity index (χ4v) is 3.17. The van der Waals surface area contributed by atoms with Crippen molar-refractivity contribution in [1.29, 1.82) is 0 Å². The summed E-state index contributed by atoms with van der Waals surface area (Å²) in [5.74, 6) is -2.04. The van der Waals surface area contributed by atoms with E-state index in [2.05, 4.69) is 4.74 Å². The molecule has 3 unspecified atom stereocenters. The zero-order chi connectivity index (χ0) is 16.3. The number of carbonyl (C=O) groups is 3. The number of nitrogens with zero attached hydrogens (tertiary/aromatic N) is 1. The normalized spacial score (nSPS) is 22.8. The first-order chi connectivity index (χ1) is 10.5. The lowest BCUT2D eigenvalue weighted by Gasteiger charge is -2.23. The number of methoxy groups -OCH3 is 1. The lowest BCUT2D eigenvalue weighted by atomic mass is 9.78. The van der Waals surface area contributed by atoms with Crippen LogP contribution >= 0.6 is 0 Å². The summed E-state index contributed by atoms with van der Waals surface area (Å²) in [6, 6.07) is 9.72. The highest BCUT2D eigenvalue weighted by Crippen LogP contribution is 2.39. The summed E-state index contributed by atoms with van der Waals surface area (Å²) in [5, 5.41) is 0. The van der Waals surface area contributed by atoms with Gasteiger partial charge in [-0.1, -0.05) is 44.2 Å². The predicted molar refractivity (Wildman–Crippen MR) is 80.9 cm³/mol. The summed E-state index contributed by atoms with van der Waals surface area (Å²) in [7, 11) is 1.24. The van der Waals surface area contributed by atoms with Crippen LogP contribution in [0.5, 0.6) is 0 Å². The van der Waals surface area contributed by atoms with Crippen molar-refractivity contribution in [2.45, 2.75) is 26.2 Å². The van der Waals surface area contributed by atoms with Gasteiger partial charge in [-0.2, -0.15) is 0 Å². The minimum Gasteiger partial charge on any atom is -0.468 e. The predicted octanol–water partition coefficient (Wildman–Crippen LogP) is 1.97. The molecule has 0 aromatic heterocycles. The number of likely N-dealkylation sites (tertiary alicyclic amines) is 1. The maximum Gasteiger partial charge on any atom is 0.325 e. The third kappa shape index (κ3) is 2.89. The molecule has 5 heteroatoms. The Kier molecular flexibility index (Phi) is 4.96. The first kappa shape index (κ1) is 16.2. The number of imide groups is 1. The van der Waals surface area contributed by atoms with E-state index < -0.39 is 17.8 Å². The lowest BCUT2D eigenvalue weighted by molar-refractivity contribution is -0.151. The van der Waals surface area contributed by atoms with Gasteiger partial charge < -0.3 is 4.74 Å². The van der Waals surface area contributed by atoms with E-state index >= 15 is 0 Å². The van der Waals surface area contributed by atoms with Crippen LogP contribution in [0.3, 0.4) is 0 Å². The van der Waals surface area contributed by atoms with Crippen LogP contribution in [-0.4, -0.2) is 36.3 Å². The Morgan fingerprint density at radius 2 is 1.86 bits per heavy atom. The van der Waals surface area contributed by atoms with Gasteiger partial charge in [-0.15, -0.1) is 0 Å². The lowest BCUT2D eigenvalue weighted by Crippen LogP contribution is -2.36. The van der Waals surface area contributed by atoms with Crippen molar-refractivity contribution >= 4 is 17.8 Å². The zero-order valence-electron chi connectivity index (χ0n) is 13.1. The molecule has 22 heavy (non-hydrogen) atoms. The average molecular weight is 303 g/mol. The molecule has 0 saturated carbocycles. The van der Waals surface area contributed by atoms with E-state index in [1.165, 1.54) is 7.11 Å². The second-order valence-electron chi connectivity index (χ2n) is 5.58. The van der Waals surface area contributed by atoms with Gasteiger partial charge in [-0.25, -0.2) is 0 Å². The van der Waals surface area contributed by atoms with Crippen LogP contribution in [0.15, 0.2) is 30.3 Å². The molecule has 1 aromatic carbocycles. The van der Waals surface area contributed by atoms with Crippen LogP contribution in [0.4, 0.5) is 0 Å². The molecular weight excluding hydrogens is 282 g/mol. The summed E-state index contributed by atoms with van der Waals surface area (Å²) >= 11 is 0. The van der Waals surface area contributed by atoms with Crippen molar-refractivity contribution in [3.05, 3.63) is 35.9 Å². The molecule has 1 aliphatic heterocycles. The highest BCUT2D eigenvalue weighted by atomic mass is 16.5. The summed E-state index contributed by atoms with van der Waals surface area (Å²) in [5.41, 5.74) is 1.04. The number of ether oxygens (including phenoxy) is 1. The Hall–Kier alpha value is -2.17. The van der Waals surface area contributed by atoms with E-state index in [1.807, 2.05) is 37.3 Å². The van der Waals surface area contributed by atoms with Gasteiger partial charge in [0.05, 0.1) is 13.0 Å². The maximum atomic E-state index is 12.6. The molecule has 118 valence electrons. The average Bonchev–Trinajstić information content (AvgIpc) is 2.74. The van der Waals surface area contributed by atoms with Crippen molar-refractivity contribution < 1.29 is 19.1 Å². The smallest absolute Gasteiger partial charge is 0.325 e. The quantitative estimate of drug-likeness (QED) is 0.616. The molecule has 1 saturated heterocycles. The zero-order valence-corrected chi connectivity index (χ0v) is 13.1. The Bertz CT molecular complexity index is 569. The van der Waals surface area contributed by atoms with Gasteiger partial charge in [0.15, 0.2) is 0 Å². The number of benzene rings is 1. The molecule has 3 atom stereocenters. The van der Waals surface area contributed by atoms with Crippen molar-refractivity contribution in [3.8, 4) is 0 Å². The molecule has 1 heterocycles. The number of esters is 1. The molecule has 0 aliphatic carbocycles. The third-order valence-electron chi connectivity index (χ3n) is 4.36. The standard InChI is InChI=1S/C17H21NO4/c1-4-13(12-8-6-5-7-9-12)15-11(2)16(20)18(17(15)21)10-14(19)22-3/h5-9,11,13,15H,4,10H2,1-3H3. The third-order valence-corrected chi connectivity index (χ3v) is 4.36. The second-order valence-corrected chi connectivity index (χ2v) is 5.58. The number of carbonyl (C=O) groups excluding carboxylic acids is 3. The summed E-state index contributed by atoms with van der Waals surface area (Å²) in [6.45, 7) is 3.46. The van der Waals surface area contributed by atoms with Crippen molar-refractivity contribution in [2.75, 3.05) is 13.7 Å². The molecule has 0 spiro atoms. The monoisotopic (exact) mass is 303 g/mol. The molecule has 1 fully saturated rings. The fourth-order valence-electron chi connectivity index (χ4n) is 3.17. The van der Waals surface area contributed by atoms with E-state index in [9.17, 15) is 14.4 Å². The minimum atomic E-state index is -0.581. The molecule has 2 rings (SSSR count). The number of rotatable bonds is 5. The van der Waals surface area contributed by atoms with Crippen LogP contribution in [-0.2, 0) is 19.1 Å². The molecule has 0 bridgehead atoms. The molecule has 1 aromatic rings. The van der Waals surface area contributed by atoms with E-state index in [0.29, 0.717) is 0 Å². The Balaban J connectivity index is 2.28. The SMILES string of the molecule is CCC(c1ccccc1)C1C(=O)N(CC(=O)OC)C(=O)C1C. The first-order valence-corrected chi connectivity index (χ1v) is 7.48. The van der Waals surface area contributed by atoms with Crippen LogP contribution < -0.4 is 0 Å². The summed E-state index contributed by atoms with van der Waals surface area (Å²) < 4.78 is 4.57. The van der Waals surface area contributed by atoms with E-state index in [4.69, 9.17) is 0 Å². The van der Waals surface area contributed by atoms with E-state index in [-0.39, 0.29) is 24.3 Å². The number of amides is 2. The van der Waals surface area contributed by atoms with Gasteiger partial charge >= 0.3 is 5.97 Å². The van der Waals surface area contributed by atoms with Crippen LogP contribution in [0, 0.1) is 11.8 Å². The highest BCUT2D eigenvalue weighted by molar-refractivity contribution is 6.07. The minimum absolute atomic E-state index is 0.0321. The highest BCUT2D eigenvalue weighted by Gasteiger charge is 2.48. The largest absolute Gasteiger partial charge is 0.468 e. The van der Waals surface area contributed by atoms with Crippen molar-refractivity contribution in [3.63, 3.8) is 0 Å². The molecule has 0 N–H and O–H groups in total. The summed E-state index contributed by atoms with van der Waals surface area (Å²) in [6.07, 6.45) is 0.754. The van der Waals surface area contributed by atoms with E-state index in [0.717, 1.165) is 16.9 Å². The van der Waals surface area contributed by atoms with Gasteiger partial charge in [0.1, 0.15) is 6.54 Å².